The number of nitrogens with zero attached hydrogens (tertiary/aromatic N) is 4. The maximum absolute atomic E-state index is 13.3. The van der Waals surface area contributed by atoms with E-state index in [0.29, 0.717) is 38.9 Å². The Bertz CT molecular complexity index is 1140. The molecule has 1 aromatic heterocycles. The van der Waals surface area contributed by atoms with E-state index in [1.165, 1.54) is 0 Å². The molecule has 0 saturated carbocycles. The quantitative estimate of drug-likeness (QED) is 0.558. The first-order chi connectivity index (χ1) is 15.5. The number of anilines is 2. The van der Waals surface area contributed by atoms with Crippen LogP contribution in [-0.4, -0.2) is 34.8 Å². The molecule has 7 heteroatoms. The molecule has 4 rings (SSSR count). The summed E-state index contributed by atoms with van der Waals surface area (Å²) in [6.45, 7) is 8.22. The zero-order chi connectivity index (χ0) is 22.7. The zero-order valence-corrected chi connectivity index (χ0v) is 19.2. The summed E-state index contributed by atoms with van der Waals surface area (Å²) in [4.78, 5) is 22.5. The molecule has 0 aliphatic carbocycles. The van der Waals surface area contributed by atoms with Gasteiger partial charge in [-0.25, -0.2) is 4.98 Å². The Kier molecular flexibility index (Phi) is 6.46. The SMILES string of the molecule is CCOc1ccc(N2CN(Cc3ccccc3OC)Cn3c2nc(C)c(CC)c3=O)cc1. The van der Waals surface area contributed by atoms with Gasteiger partial charge in [0, 0.05) is 29.1 Å². The molecule has 0 unspecified atom stereocenters. The molecule has 0 N–H and O–H groups in total. The number of rotatable bonds is 7. The summed E-state index contributed by atoms with van der Waals surface area (Å²) in [6.07, 6.45) is 0.660. The van der Waals surface area contributed by atoms with Crippen molar-refractivity contribution in [2.24, 2.45) is 0 Å². The maximum atomic E-state index is 13.3. The molecule has 0 radical (unpaired) electrons. The van der Waals surface area contributed by atoms with Crippen LogP contribution in [0.1, 0.15) is 30.7 Å². The van der Waals surface area contributed by atoms with E-state index in [1.54, 1.807) is 11.7 Å². The largest absolute Gasteiger partial charge is 0.496 e. The van der Waals surface area contributed by atoms with Crippen molar-refractivity contribution in [3.05, 3.63) is 75.7 Å². The first-order valence-corrected chi connectivity index (χ1v) is 11.0. The number of aryl methyl sites for hydroxylation is 1. The Morgan fingerprint density at radius 1 is 1.03 bits per heavy atom. The van der Waals surface area contributed by atoms with Gasteiger partial charge in [0.15, 0.2) is 0 Å². The lowest BCUT2D eigenvalue weighted by Crippen LogP contribution is -2.47. The van der Waals surface area contributed by atoms with E-state index in [0.717, 1.165) is 34.0 Å². The minimum atomic E-state index is 0.0238. The van der Waals surface area contributed by atoms with Gasteiger partial charge in [-0.3, -0.25) is 19.2 Å². The van der Waals surface area contributed by atoms with Crippen LogP contribution < -0.4 is 19.9 Å². The van der Waals surface area contributed by atoms with Gasteiger partial charge in [-0.05, 0) is 50.6 Å². The fraction of sp³-hybridized carbons (Fsp3) is 0.360. The number of hydrogen-bond acceptors (Lipinski definition) is 6. The van der Waals surface area contributed by atoms with Gasteiger partial charge >= 0.3 is 0 Å². The van der Waals surface area contributed by atoms with Gasteiger partial charge in [0.25, 0.3) is 5.56 Å². The fourth-order valence-electron chi connectivity index (χ4n) is 4.20. The number of para-hydroxylation sites is 1. The summed E-state index contributed by atoms with van der Waals surface area (Å²) in [7, 11) is 1.68. The lowest BCUT2D eigenvalue weighted by Gasteiger charge is -2.38. The van der Waals surface area contributed by atoms with Gasteiger partial charge in [-0.2, -0.15) is 0 Å². The van der Waals surface area contributed by atoms with Crippen LogP contribution in [0.2, 0.25) is 0 Å². The minimum Gasteiger partial charge on any atom is -0.496 e. The van der Waals surface area contributed by atoms with Crippen LogP contribution in [-0.2, 0) is 19.6 Å². The van der Waals surface area contributed by atoms with Crippen molar-refractivity contribution in [3.63, 3.8) is 0 Å². The van der Waals surface area contributed by atoms with Crippen molar-refractivity contribution in [1.29, 1.82) is 0 Å². The first kappa shape index (κ1) is 21.9. The van der Waals surface area contributed by atoms with Gasteiger partial charge in [0.1, 0.15) is 11.5 Å². The maximum Gasteiger partial charge on any atom is 0.259 e. The molecule has 1 aliphatic heterocycles. The molecule has 1 aliphatic rings. The summed E-state index contributed by atoms with van der Waals surface area (Å²) in [6, 6.07) is 15.9. The number of aromatic nitrogens is 2. The molecule has 0 amide bonds. The van der Waals surface area contributed by atoms with Gasteiger partial charge in [0.05, 0.1) is 27.1 Å². The zero-order valence-electron chi connectivity index (χ0n) is 19.2. The highest BCUT2D eigenvalue weighted by atomic mass is 16.5. The second-order valence-corrected chi connectivity index (χ2v) is 7.84. The Balaban J connectivity index is 1.75. The minimum absolute atomic E-state index is 0.0238. The van der Waals surface area contributed by atoms with Crippen LogP contribution in [0.4, 0.5) is 11.6 Å². The lowest BCUT2D eigenvalue weighted by molar-refractivity contribution is 0.187. The van der Waals surface area contributed by atoms with Crippen LogP contribution >= 0.6 is 0 Å². The number of fused-ring (bicyclic) bond motifs is 1. The molecule has 0 saturated heterocycles. The lowest BCUT2D eigenvalue weighted by atomic mass is 10.1. The molecular formula is C25H30N4O3. The first-order valence-electron chi connectivity index (χ1n) is 11.0. The van der Waals surface area contributed by atoms with Crippen molar-refractivity contribution >= 4 is 11.6 Å². The van der Waals surface area contributed by atoms with E-state index in [-0.39, 0.29) is 5.56 Å². The van der Waals surface area contributed by atoms with Crippen LogP contribution in [0.25, 0.3) is 0 Å². The van der Waals surface area contributed by atoms with Crippen molar-refractivity contribution in [2.75, 3.05) is 25.3 Å². The Labute approximate surface area is 188 Å². The summed E-state index contributed by atoms with van der Waals surface area (Å²) >= 11 is 0. The van der Waals surface area contributed by atoms with Crippen molar-refractivity contribution < 1.29 is 9.47 Å². The average molecular weight is 435 g/mol. The topological polar surface area (TPSA) is 59.8 Å². The molecule has 3 aromatic rings. The molecule has 0 bridgehead atoms. The normalized spacial score (nSPS) is 13.7. The number of ether oxygens (including phenoxy) is 2. The van der Waals surface area contributed by atoms with Crippen molar-refractivity contribution in [3.8, 4) is 11.5 Å². The molecule has 32 heavy (non-hydrogen) atoms. The number of hydrogen-bond donors (Lipinski definition) is 0. The van der Waals surface area contributed by atoms with E-state index in [2.05, 4.69) is 15.9 Å². The third-order valence-electron chi connectivity index (χ3n) is 5.77. The summed E-state index contributed by atoms with van der Waals surface area (Å²) < 4.78 is 12.9. The van der Waals surface area contributed by atoms with Crippen LogP contribution in [0.3, 0.4) is 0 Å². The molecule has 7 nitrogen and oxygen atoms in total. The Hall–Kier alpha value is -3.32. The summed E-state index contributed by atoms with van der Waals surface area (Å²) in [5, 5.41) is 0. The summed E-state index contributed by atoms with van der Waals surface area (Å²) in [5.74, 6) is 2.33. The summed E-state index contributed by atoms with van der Waals surface area (Å²) in [5.41, 5.74) is 3.62. The molecular weight excluding hydrogens is 404 g/mol. The highest BCUT2D eigenvalue weighted by molar-refractivity contribution is 5.59. The second-order valence-electron chi connectivity index (χ2n) is 7.84. The molecule has 168 valence electrons. The number of methoxy groups -OCH3 is 1. The molecule has 0 spiro atoms. The van der Waals surface area contributed by atoms with Gasteiger partial charge in [-0.1, -0.05) is 25.1 Å². The highest BCUT2D eigenvalue weighted by Gasteiger charge is 2.28. The van der Waals surface area contributed by atoms with E-state index < -0.39 is 0 Å². The van der Waals surface area contributed by atoms with E-state index in [4.69, 9.17) is 14.5 Å². The highest BCUT2D eigenvalue weighted by Crippen LogP contribution is 2.30. The standard InChI is InChI=1S/C25H30N4O3/c1-5-22-18(3)26-25-28(20-11-13-21(14-12-20)32-6-2)16-27(17-29(25)24(22)30)15-19-9-7-8-10-23(19)31-4/h7-14H,5-6,15-17H2,1-4H3. The molecule has 2 aromatic carbocycles. The predicted octanol–water partition coefficient (Wildman–Crippen LogP) is 4.09. The van der Waals surface area contributed by atoms with E-state index in [1.807, 2.05) is 63.2 Å². The molecule has 2 heterocycles. The second kappa shape index (κ2) is 9.44. The third kappa shape index (κ3) is 4.21. The molecule has 0 fully saturated rings. The monoisotopic (exact) mass is 434 g/mol. The fourth-order valence-corrected chi connectivity index (χ4v) is 4.20. The van der Waals surface area contributed by atoms with Gasteiger partial charge < -0.3 is 9.47 Å². The predicted molar refractivity (Wildman–Crippen MR) is 126 cm³/mol. The van der Waals surface area contributed by atoms with Crippen LogP contribution in [0.15, 0.2) is 53.3 Å². The molecule has 0 atom stereocenters. The van der Waals surface area contributed by atoms with Gasteiger partial charge in [0.2, 0.25) is 5.95 Å². The third-order valence-corrected chi connectivity index (χ3v) is 5.77. The van der Waals surface area contributed by atoms with Gasteiger partial charge in [-0.15, -0.1) is 0 Å². The van der Waals surface area contributed by atoms with Crippen molar-refractivity contribution in [1.82, 2.24) is 14.5 Å². The Morgan fingerprint density at radius 3 is 2.47 bits per heavy atom. The van der Waals surface area contributed by atoms with Crippen LogP contribution in [0, 0.1) is 6.92 Å². The van der Waals surface area contributed by atoms with E-state index >= 15 is 0 Å². The van der Waals surface area contributed by atoms with Crippen molar-refractivity contribution in [2.45, 2.75) is 40.4 Å². The van der Waals surface area contributed by atoms with Crippen LogP contribution in [0.5, 0.6) is 11.5 Å². The smallest absolute Gasteiger partial charge is 0.259 e. The number of benzene rings is 2. The average Bonchev–Trinajstić information content (AvgIpc) is 2.81. The van der Waals surface area contributed by atoms with E-state index in [9.17, 15) is 4.79 Å². The Morgan fingerprint density at radius 2 is 1.78 bits per heavy atom.